The largest absolute Gasteiger partial charge is 0.324 e. The summed E-state index contributed by atoms with van der Waals surface area (Å²) >= 11 is 7.26. The van der Waals surface area contributed by atoms with Gasteiger partial charge in [0.25, 0.3) is 0 Å². The minimum absolute atomic E-state index is 0.0912. The van der Waals surface area contributed by atoms with Crippen LogP contribution in [-0.2, 0) is 14.8 Å². The van der Waals surface area contributed by atoms with Gasteiger partial charge in [-0.3, -0.25) is 4.79 Å². The molecular formula is C20H22ClFN2O3S2. The van der Waals surface area contributed by atoms with Gasteiger partial charge in [0.1, 0.15) is 5.82 Å². The van der Waals surface area contributed by atoms with Crippen LogP contribution in [0.4, 0.5) is 10.1 Å². The predicted molar refractivity (Wildman–Crippen MR) is 114 cm³/mol. The van der Waals surface area contributed by atoms with E-state index in [2.05, 4.69) is 5.32 Å². The number of nitrogens with one attached hydrogen (secondary N) is 1. The van der Waals surface area contributed by atoms with Crippen LogP contribution in [0.5, 0.6) is 0 Å². The molecule has 1 aliphatic heterocycles. The van der Waals surface area contributed by atoms with E-state index >= 15 is 0 Å². The molecule has 0 saturated carbocycles. The van der Waals surface area contributed by atoms with E-state index in [4.69, 9.17) is 11.6 Å². The van der Waals surface area contributed by atoms with Crippen molar-refractivity contribution in [3.63, 3.8) is 0 Å². The molecule has 2 aromatic carbocycles. The number of halogens is 2. The van der Waals surface area contributed by atoms with Crippen molar-refractivity contribution in [3.8, 4) is 0 Å². The van der Waals surface area contributed by atoms with Crippen molar-refractivity contribution in [1.29, 1.82) is 0 Å². The van der Waals surface area contributed by atoms with Crippen molar-refractivity contribution in [2.24, 2.45) is 0 Å². The van der Waals surface area contributed by atoms with Gasteiger partial charge in [-0.05, 0) is 50.1 Å². The monoisotopic (exact) mass is 456 g/mol. The van der Waals surface area contributed by atoms with Gasteiger partial charge >= 0.3 is 0 Å². The number of sulfonamides is 1. The summed E-state index contributed by atoms with van der Waals surface area (Å²) in [5.41, 5.74) is 0.218. The van der Waals surface area contributed by atoms with Gasteiger partial charge in [-0.2, -0.15) is 4.31 Å². The first-order chi connectivity index (χ1) is 13.8. The van der Waals surface area contributed by atoms with Crippen LogP contribution in [0.15, 0.2) is 52.3 Å². The molecule has 5 nitrogen and oxygen atoms in total. The van der Waals surface area contributed by atoms with Crippen molar-refractivity contribution in [3.05, 3.63) is 53.3 Å². The molecule has 1 saturated heterocycles. The lowest BCUT2D eigenvalue weighted by Gasteiger charge is -2.26. The fourth-order valence-corrected chi connectivity index (χ4v) is 5.63. The lowest BCUT2D eigenvalue weighted by Crippen LogP contribution is -2.35. The standard InChI is InChI=1S/C20H22ClFN2O3S2/c1-14(28-19-8-4-3-7-17(19)22)20(25)23-18-13-15(9-10-16(18)21)29(26,27)24-11-5-2-6-12-24/h3-4,7-10,13-14H,2,5-6,11-12H2,1H3,(H,23,25)/t14-/m1/s1. The molecule has 0 aromatic heterocycles. The van der Waals surface area contributed by atoms with Crippen molar-refractivity contribution < 1.29 is 17.6 Å². The topological polar surface area (TPSA) is 66.5 Å². The molecule has 9 heteroatoms. The van der Waals surface area contributed by atoms with Crippen molar-refractivity contribution in [2.45, 2.75) is 41.2 Å². The van der Waals surface area contributed by atoms with E-state index < -0.39 is 27.0 Å². The second-order valence-corrected chi connectivity index (χ2v) is 10.5. The molecule has 1 atom stereocenters. The average molecular weight is 457 g/mol. The fraction of sp³-hybridized carbons (Fsp3) is 0.350. The zero-order valence-electron chi connectivity index (χ0n) is 15.9. The summed E-state index contributed by atoms with van der Waals surface area (Å²) in [6, 6.07) is 10.5. The van der Waals surface area contributed by atoms with Crippen LogP contribution in [-0.4, -0.2) is 37.0 Å². The SMILES string of the molecule is C[C@@H](Sc1ccccc1F)C(=O)Nc1cc(S(=O)(=O)N2CCCCC2)ccc1Cl. The number of hydrogen-bond donors (Lipinski definition) is 1. The molecule has 0 radical (unpaired) electrons. The highest BCUT2D eigenvalue weighted by atomic mass is 35.5. The number of anilines is 1. The quantitative estimate of drug-likeness (QED) is 0.635. The van der Waals surface area contributed by atoms with Gasteiger partial charge in [-0.25, -0.2) is 12.8 Å². The smallest absolute Gasteiger partial charge is 0.243 e. The third-order valence-corrected chi connectivity index (χ3v) is 8.03. The van der Waals surface area contributed by atoms with Crippen LogP contribution in [0.25, 0.3) is 0 Å². The second kappa shape index (κ2) is 9.47. The molecule has 1 amide bonds. The Morgan fingerprint density at radius 1 is 1.17 bits per heavy atom. The Morgan fingerprint density at radius 2 is 1.86 bits per heavy atom. The van der Waals surface area contributed by atoms with E-state index in [1.54, 1.807) is 25.1 Å². The number of amides is 1. The molecule has 1 fully saturated rings. The molecule has 2 aromatic rings. The second-order valence-electron chi connectivity index (χ2n) is 6.79. The first kappa shape index (κ1) is 22.1. The van der Waals surface area contributed by atoms with Gasteiger partial charge in [-0.1, -0.05) is 30.2 Å². The summed E-state index contributed by atoms with van der Waals surface area (Å²) in [4.78, 5) is 13.0. The Hall–Kier alpha value is -1.61. The Kier molecular flexibility index (Phi) is 7.21. The molecule has 156 valence electrons. The summed E-state index contributed by atoms with van der Waals surface area (Å²) in [7, 11) is -3.64. The summed E-state index contributed by atoms with van der Waals surface area (Å²) in [6.07, 6.45) is 2.69. The molecule has 29 heavy (non-hydrogen) atoms. The number of thioether (sulfide) groups is 1. The minimum Gasteiger partial charge on any atom is -0.324 e. The third kappa shape index (κ3) is 5.31. The van der Waals surface area contributed by atoms with Gasteiger partial charge in [0, 0.05) is 18.0 Å². The van der Waals surface area contributed by atoms with Gasteiger partial charge in [0.15, 0.2) is 0 Å². The van der Waals surface area contributed by atoms with E-state index in [-0.39, 0.29) is 15.6 Å². The van der Waals surface area contributed by atoms with Crippen LogP contribution in [0.2, 0.25) is 5.02 Å². The maximum atomic E-state index is 13.8. The van der Waals surface area contributed by atoms with Gasteiger partial charge < -0.3 is 5.32 Å². The summed E-state index contributed by atoms with van der Waals surface area (Å²) in [5, 5.41) is 2.30. The zero-order valence-corrected chi connectivity index (χ0v) is 18.3. The zero-order chi connectivity index (χ0) is 21.0. The third-order valence-electron chi connectivity index (χ3n) is 4.66. The van der Waals surface area contributed by atoms with E-state index in [9.17, 15) is 17.6 Å². The molecule has 0 spiro atoms. The number of hydrogen-bond acceptors (Lipinski definition) is 4. The van der Waals surface area contributed by atoms with Crippen LogP contribution >= 0.6 is 23.4 Å². The van der Waals surface area contributed by atoms with Gasteiger partial charge in [0.05, 0.1) is 20.9 Å². The van der Waals surface area contributed by atoms with E-state index in [0.717, 1.165) is 31.0 Å². The first-order valence-corrected chi connectivity index (χ1v) is 12.0. The highest BCUT2D eigenvalue weighted by molar-refractivity contribution is 8.00. The normalized spacial score (nSPS) is 16.4. The Labute approximate surface area is 179 Å². The number of piperidine rings is 1. The Morgan fingerprint density at radius 3 is 2.55 bits per heavy atom. The minimum atomic E-state index is -3.64. The van der Waals surface area contributed by atoms with E-state index in [1.165, 1.54) is 28.6 Å². The Bertz CT molecular complexity index is 995. The maximum Gasteiger partial charge on any atom is 0.243 e. The lowest BCUT2D eigenvalue weighted by molar-refractivity contribution is -0.115. The fourth-order valence-electron chi connectivity index (χ4n) is 3.03. The lowest BCUT2D eigenvalue weighted by atomic mass is 10.2. The first-order valence-electron chi connectivity index (χ1n) is 9.31. The van der Waals surface area contributed by atoms with Crippen molar-refractivity contribution in [2.75, 3.05) is 18.4 Å². The van der Waals surface area contributed by atoms with Crippen molar-refractivity contribution in [1.82, 2.24) is 4.31 Å². The van der Waals surface area contributed by atoms with Crippen LogP contribution < -0.4 is 5.32 Å². The van der Waals surface area contributed by atoms with E-state index in [0.29, 0.717) is 18.0 Å². The number of carbonyl (C=O) groups is 1. The maximum absolute atomic E-state index is 13.8. The molecule has 1 aliphatic rings. The van der Waals surface area contributed by atoms with Crippen LogP contribution in [0.1, 0.15) is 26.2 Å². The summed E-state index contributed by atoms with van der Waals surface area (Å²) < 4.78 is 41.0. The molecule has 1 heterocycles. The van der Waals surface area contributed by atoms with Gasteiger partial charge in [0.2, 0.25) is 15.9 Å². The average Bonchev–Trinajstić information content (AvgIpc) is 2.71. The molecule has 1 N–H and O–H groups in total. The predicted octanol–water partition coefficient (Wildman–Crippen LogP) is 4.77. The van der Waals surface area contributed by atoms with Crippen LogP contribution in [0.3, 0.4) is 0 Å². The van der Waals surface area contributed by atoms with E-state index in [1.807, 2.05) is 0 Å². The summed E-state index contributed by atoms with van der Waals surface area (Å²) in [6.45, 7) is 2.63. The van der Waals surface area contributed by atoms with Gasteiger partial charge in [-0.15, -0.1) is 11.8 Å². The molecule has 0 unspecified atom stereocenters. The number of benzene rings is 2. The summed E-state index contributed by atoms with van der Waals surface area (Å²) in [5.74, 6) is -0.794. The highest BCUT2D eigenvalue weighted by Crippen LogP contribution is 2.30. The Balaban J connectivity index is 1.76. The molecule has 3 rings (SSSR count). The molecule has 0 aliphatic carbocycles. The molecule has 0 bridgehead atoms. The molecular weight excluding hydrogens is 435 g/mol. The number of nitrogens with zero attached hydrogens (tertiary/aromatic N) is 1. The number of rotatable bonds is 6. The van der Waals surface area contributed by atoms with Crippen LogP contribution in [0, 0.1) is 5.82 Å². The number of carbonyl (C=O) groups excluding carboxylic acids is 1. The van der Waals surface area contributed by atoms with Crippen molar-refractivity contribution >= 4 is 45.0 Å². The highest BCUT2D eigenvalue weighted by Gasteiger charge is 2.27.